The van der Waals surface area contributed by atoms with E-state index in [1.165, 1.54) is 7.11 Å². The van der Waals surface area contributed by atoms with Crippen LogP contribution in [0.15, 0.2) is 78.6 Å². The second kappa shape index (κ2) is 13.4. The molecule has 1 aliphatic carbocycles. The second-order valence-electron chi connectivity index (χ2n) is 8.24. The summed E-state index contributed by atoms with van der Waals surface area (Å²) in [7, 11) is 1.37. The molecule has 0 heterocycles. The standard InChI is InChI=1S/C29H32O5/c1-22-20-26(34-25-11-7-5-8-12-25)17-18-27(22)33-19-9-4-3-6-10-23-13-15-24(16-14-23)21-28(32-2)29(30)31/h5,7-8,11-18,20,22,27-28H,3-4,9,19,21H2,1-2H3,(H,30,31)/p-1/t22?,27?,28-/m0/s1. The normalized spacial score (nSPS) is 17.9. The number of ether oxygens (including phenoxy) is 3. The Kier molecular flexibility index (Phi) is 9.97. The lowest BCUT2D eigenvalue weighted by atomic mass is 9.99. The van der Waals surface area contributed by atoms with Gasteiger partial charge < -0.3 is 24.1 Å². The van der Waals surface area contributed by atoms with E-state index in [0.717, 1.165) is 41.9 Å². The highest BCUT2D eigenvalue weighted by Crippen LogP contribution is 2.23. The van der Waals surface area contributed by atoms with Gasteiger partial charge in [-0.05, 0) is 54.8 Å². The first-order valence-corrected chi connectivity index (χ1v) is 11.6. The Morgan fingerprint density at radius 1 is 1.09 bits per heavy atom. The van der Waals surface area contributed by atoms with Crippen LogP contribution in [0.3, 0.4) is 0 Å². The molecule has 178 valence electrons. The second-order valence-corrected chi connectivity index (χ2v) is 8.24. The van der Waals surface area contributed by atoms with Crippen LogP contribution in [0.25, 0.3) is 0 Å². The van der Waals surface area contributed by atoms with Crippen LogP contribution >= 0.6 is 0 Å². The smallest absolute Gasteiger partial charge is 0.127 e. The van der Waals surface area contributed by atoms with Crippen LogP contribution in [-0.2, 0) is 20.7 Å². The minimum absolute atomic E-state index is 0.0577. The molecule has 2 unspecified atom stereocenters. The molecule has 0 saturated heterocycles. The van der Waals surface area contributed by atoms with E-state index in [2.05, 4.69) is 30.9 Å². The van der Waals surface area contributed by atoms with Gasteiger partial charge in [0.25, 0.3) is 0 Å². The van der Waals surface area contributed by atoms with Gasteiger partial charge in [-0.1, -0.05) is 55.2 Å². The van der Waals surface area contributed by atoms with Gasteiger partial charge in [0.2, 0.25) is 0 Å². The molecule has 34 heavy (non-hydrogen) atoms. The van der Waals surface area contributed by atoms with Crippen molar-refractivity contribution in [3.8, 4) is 17.6 Å². The van der Waals surface area contributed by atoms with Gasteiger partial charge in [0.1, 0.15) is 17.6 Å². The third kappa shape index (κ3) is 8.22. The van der Waals surface area contributed by atoms with E-state index < -0.39 is 12.1 Å². The lowest BCUT2D eigenvalue weighted by molar-refractivity contribution is -0.315. The van der Waals surface area contributed by atoms with Crippen molar-refractivity contribution in [2.75, 3.05) is 13.7 Å². The first-order valence-electron chi connectivity index (χ1n) is 11.6. The molecule has 0 radical (unpaired) electrons. The minimum atomic E-state index is -1.21. The summed E-state index contributed by atoms with van der Waals surface area (Å²) in [6.45, 7) is 2.82. The SMILES string of the molecule is CO[C@@H](Cc1ccc(C#CCCCCOC2C=CC(Oc3ccccc3)=CC2C)cc1)C(=O)[O-]. The average molecular weight is 460 g/mol. The number of rotatable bonds is 11. The molecule has 3 atom stereocenters. The van der Waals surface area contributed by atoms with Crippen LogP contribution in [0.4, 0.5) is 0 Å². The number of para-hydroxylation sites is 1. The predicted octanol–water partition coefficient (Wildman–Crippen LogP) is 4.07. The topological polar surface area (TPSA) is 67.8 Å². The Labute approximate surface area is 202 Å². The number of allylic oxidation sites excluding steroid dienone is 1. The zero-order chi connectivity index (χ0) is 24.2. The van der Waals surface area contributed by atoms with Crippen molar-refractivity contribution in [3.05, 3.63) is 89.7 Å². The third-order valence-electron chi connectivity index (χ3n) is 5.54. The number of carboxylic acids is 1. The van der Waals surface area contributed by atoms with Crippen molar-refractivity contribution < 1.29 is 24.1 Å². The van der Waals surface area contributed by atoms with E-state index in [-0.39, 0.29) is 18.4 Å². The lowest BCUT2D eigenvalue weighted by Crippen LogP contribution is -2.38. The zero-order valence-electron chi connectivity index (χ0n) is 19.7. The molecule has 0 spiro atoms. The van der Waals surface area contributed by atoms with E-state index in [0.29, 0.717) is 6.61 Å². The number of unbranched alkanes of at least 4 members (excludes halogenated alkanes) is 2. The van der Waals surface area contributed by atoms with Crippen molar-refractivity contribution >= 4 is 5.97 Å². The molecule has 5 nitrogen and oxygen atoms in total. The summed E-state index contributed by atoms with van der Waals surface area (Å²) in [6.07, 6.45) is 8.25. The van der Waals surface area contributed by atoms with Gasteiger partial charge in [0.05, 0.1) is 12.1 Å². The van der Waals surface area contributed by atoms with Gasteiger partial charge in [0, 0.05) is 38.0 Å². The highest BCUT2D eigenvalue weighted by molar-refractivity contribution is 5.70. The van der Waals surface area contributed by atoms with Crippen LogP contribution in [0.1, 0.15) is 37.3 Å². The molecule has 3 rings (SSSR count). The average Bonchev–Trinajstić information content (AvgIpc) is 2.84. The van der Waals surface area contributed by atoms with Crippen LogP contribution in [0.2, 0.25) is 0 Å². The number of carboxylic acid groups (broad SMARTS) is 1. The highest BCUT2D eigenvalue weighted by atomic mass is 16.5. The Bertz CT molecular complexity index is 1030. The summed E-state index contributed by atoms with van der Waals surface area (Å²) in [4.78, 5) is 11.0. The Morgan fingerprint density at radius 2 is 1.85 bits per heavy atom. The maximum Gasteiger partial charge on any atom is 0.127 e. The fraction of sp³-hybridized carbons (Fsp3) is 0.345. The Balaban J connectivity index is 1.32. The number of carbonyl (C=O) groups excluding carboxylic acids is 1. The van der Waals surface area contributed by atoms with E-state index in [9.17, 15) is 9.90 Å². The number of benzene rings is 2. The zero-order valence-corrected chi connectivity index (χ0v) is 19.7. The minimum Gasteiger partial charge on any atom is -0.547 e. The molecule has 0 saturated carbocycles. The van der Waals surface area contributed by atoms with Gasteiger partial charge in [-0.3, -0.25) is 0 Å². The maximum absolute atomic E-state index is 11.0. The van der Waals surface area contributed by atoms with E-state index >= 15 is 0 Å². The van der Waals surface area contributed by atoms with Crippen LogP contribution in [0.5, 0.6) is 5.75 Å². The number of carbonyl (C=O) groups is 1. The lowest BCUT2D eigenvalue weighted by Gasteiger charge is -2.23. The predicted molar refractivity (Wildman–Crippen MR) is 130 cm³/mol. The van der Waals surface area contributed by atoms with Gasteiger partial charge in [-0.2, -0.15) is 0 Å². The molecule has 0 amide bonds. The van der Waals surface area contributed by atoms with Gasteiger partial charge >= 0.3 is 0 Å². The molecule has 0 fully saturated rings. The van der Waals surface area contributed by atoms with Crippen molar-refractivity contribution in [1.82, 2.24) is 0 Å². The molecular formula is C29H31O5-. The number of hydrogen-bond acceptors (Lipinski definition) is 5. The van der Waals surface area contributed by atoms with Gasteiger partial charge in [0.15, 0.2) is 0 Å². The van der Waals surface area contributed by atoms with Crippen LogP contribution in [0, 0.1) is 17.8 Å². The molecular weight excluding hydrogens is 428 g/mol. The summed E-state index contributed by atoms with van der Waals surface area (Å²) in [5, 5.41) is 11.0. The van der Waals surface area contributed by atoms with Crippen molar-refractivity contribution in [2.45, 2.75) is 44.8 Å². The number of methoxy groups -OCH3 is 1. The van der Waals surface area contributed by atoms with Gasteiger partial charge in [-0.25, -0.2) is 0 Å². The Hall–Kier alpha value is -3.33. The van der Waals surface area contributed by atoms with E-state index in [1.807, 2.05) is 60.7 Å². The molecule has 5 heteroatoms. The van der Waals surface area contributed by atoms with Crippen molar-refractivity contribution in [3.63, 3.8) is 0 Å². The molecule has 0 aliphatic heterocycles. The van der Waals surface area contributed by atoms with Crippen LogP contribution in [-0.4, -0.2) is 31.9 Å². The summed E-state index contributed by atoms with van der Waals surface area (Å²) in [5.41, 5.74) is 1.78. The van der Waals surface area contributed by atoms with E-state index in [4.69, 9.17) is 14.2 Å². The summed E-state index contributed by atoms with van der Waals surface area (Å²) in [6, 6.07) is 17.3. The monoisotopic (exact) mass is 459 g/mol. The molecule has 0 aromatic heterocycles. The van der Waals surface area contributed by atoms with Crippen molar-refractivity contribution in [1.29, 1.82) is 0 Å². The number of hydrogen-bond donors (Lipinski definition) is 0. The highest BCUT2D eigenvalue weighted by Gasteiger charge is 2.18. The maximum atomic E-state index is 11.0. The summed E-state index contributed by atoms with van der Waals surface area (Å²) in [5.74, 6) is 7.06. The number of aliphatic carboxylic acids is 1. The largest absolute Gasteiger partial charge is 0.547 e. The fourth-order valence-electron chi connectivity index (χ4n) is 3.57. The summed E-state index contributed by atoms with van der Waals surface area (Å²) >= 11 is 0. The molecule has 0 N–H and O–H groups in total. The van der Waals surface area contributed by atoms with E-state index in [1.54, 1.807) is 0 Å². The van der Waals surface area contributed by atoms with Crippen molar-refractivity contribution in [2.24, 2.45) is 5.92 Å². The molecule has 2 aromatic carbocycles. The van der Waals surface area contributed by atoms with Gasteiger partial charge in [-0.15, -0.1) is 0 Å². The third-order valence-corrected chi connectivity index (χ3v) is 5.54. The first-order chi connectivity index (χ1) is 16.5. The molecule has 0 bridgehead atoms. The Morgan fingerprint density at radius 3 is 2.53 bits per heavy atom. The quantitative estimate of drug-likeness (QED) is 0.374. The first kappa shape index (κ1) is 25.3. The van der Waals surface area contributed by atoms with Crippen LogP contribution < -0.4 is 9.84 Å². The molecule has 2 aromatic rings. The summed E-state index contributed by atoms with van der Waals surface area (Å²) < 4.78 is 16.8. The fourth-order valence-corrected chi connectivity index (χ4v) is 3.57. The molecule has 1 aliphatic rings.